The number of aromatic amines is 1. The van der Waals surface area contributed by atoms with Gasteiger partial charge in [0.25, 0.3) is 5.56 Å². The molecule has 0 aliphatic heterocycles. The number of esters is 1. The van der Waals surface area contributed by atoms with Gasteiger partial charge in [0.2, 0.25) is 0 Å². The first-order valence-corrected chi connectivity index (χ1v) is 6.34. The van der Waals surface area contributed by atoms with E-state index in [1.807, 2.05) is 13.8 Å². The van der Waals surface area contributed by atoms with Gasteiger partial charge in [0.1, 0.15) is 5.75 Å². The van der Waals surface area contributed by atoms with Crippen molar-refractivity contribution in [1.29, 1.82) is 0 Å². The number of pyridine rings is 1. The minimum Gasteiger partial charge on any atom is -0.507 e. The van der Waals surface area contributed by atoms with Crippen molar-refractivity contribution in [3.8, 4) is 5.75 Å². The summed E-state index contributed by atoms with van der Waals surface area (Å²) in [6, 6.07) is 1.50. The monoisotopic (exact) mass is 267 g/mol. The molecule has 1 aromatic heterocycles. The number of H-pyrrole nitrogens is 1. The molecule has 0 spiro atoms. The molecule has 0 fully saturated rings. The SMILES string of the molecule is COC(=O)CC(CC(C)C)c1c(O)cc(C)[nH]c1=O. The van der Waals surface area contributed by atoms with Gasteiger partial charge < -0.3 is 14.8 Å². The Labute approximate surface area is 112 Å². The van der Waals surface area contributed by atoms with E-state index in [1.165, 1.54) is 13.2 Å². The van der Waals surface area contributed by atoms with Crippen LogP contribution in [-0.2, 0) is 9.53 Å². The van der Waals surface area contributed by atoms with Crippen LogP contribution in [0.2, 0.25) is 0 Å². The number of carbonyl (C=O) groups is 1. The number of rotatable bonds is 5. The molecule has 106 valence electrons. The zero-order valence-corrected chi connectivity index (χ0v) is 11.8. The molecule has 2 N–H and O–H groups in total. The molecule has 1 aromatic rings. The smallest absolute Gasteiger partial charge is 0.306 e. The molecule has 0 aliphatic carbocycles. The van der Waals surface area contributed by atoms with Crippen molar-refractivity contribution in [3.63, 3.8) is 0 Å². The van der Waals surface area contributed by atoms with Crippen molar-refractivity contribution in [2.45, 2.75) is 39.5 Å². The van der Waals surface area contributed by atoms with Gasteiger partial charge in [-0.15, -0.1) is 0 Å². The highest BCUT2D eigenvalue weighted by Crippen LogP contribution is 2.31. The number of hydrogen-bond donors (Lipinski definition) is 2. The van der Waals surface area contributed by atoms with E-state index in [-0.39, 0.29) is 35.2 Å². The molecule has 0 saturated heterocycles. The van der Waals surface area contributed by atoms with Gasteiger partial charge in [-0.3, -0.25) is 9.59 Å². The first-order valence-electron chi connectivity index (χ1n) is 6.34. The molecule has 1 heterocycles. The second-order valence-electron chi connectivity index (χ2n) is 5.19. The molecule has 0 amide bonds. The number of methoxy groups -OCH3 is 1. The zero-order valence-electron chi connectivity index (χ0n) is 11.8. The third-order valence-electron chi connectivity index (χ3n) is 2.99. The summed E-state index contributed by atoms with van der Waals surface area (Å²) in [5, 5.41) is 9.97. The summed E-state index contributed by atoms with van der Waals surface area (Å²) in [6.45, 7) is 5.70. The number of hydrogen-bond acceptors (Lipinski definition) is 4. The van der Waals surface area contributed by atoms with Crippen LogP contribution >= 0.6 is 0 Å². The van der Waals surface area contributed by atoms with Gasteiger partial charge in [-0.1, -0.05) is 13.8 Å². The predicted molar refractivity (Wildman–Crippen MR) is 72.3 cm³/mol. The fraction of sp³-hybridized carbons (Fsp3) is 0.571. The summed E-state index contributed by atoms with van der Waals surface area (Å²) in [7, 11) is 1.31. The maximum absolute atomic E-state index is 12.0. The molecule has 1 atom stereocenters. The summed E-state index contributed by atoms with van der Waals surface area (Å²) in [5.74, 6) is -0.479. The van der Waals surface area contributed by atoms with Crippen molar-refractivity contribution in [3.05, 3.63) is 27.7 Å². The maximum Gasteiger partial charge on any atom is 0.306 e. The predicted octanol–water partition coefficient (Wildman–Crippen LogP) is 2.08. The lowest BCUT2D eigenvalue weighted by Gasteiger charge is -2.18. The summed E-state index contributed by atoms with van der Waals surface area (Å²) < 4.78 is 4.65. The fourth-order valence-electron chi connectivity index (χ4n) is 2.23. The Bertz CT molecular complexity index is 505. The molecule has 0 aliphatic rings. The highest BCUT2D eigenvalue weighted by molar-refractivity contribution is 5.70. The molecular weight excluding hydrogens is 246 g/mol. The van der Waals surface area contributed by atoms with Crippen molar-refractivity contribution in [2.75, 3.05) is 7.11 Å². The van der Waals surface area contributed by atoms with Gasteiger partial charge >= 0.3 is 5.97 Å². The molecule has 1 unspecified atom stereocenters. The fourth-order valence-corrected chi connectivity index (χ4v) is 2.23. The third-order valence-corrected chi connectivity index (χ3v) is 2.99. The molecule has 5 heteroatoms. The van der Waals surface area contributed by atoms with E-state index in [2.05, 4.69) is 9.72 Å². The van der Waals surface area contributed by atoms with Crippen LogP contribution in [0, 0.1) is 12.8 Å². The number of aromatic hydroxyl groups is 1. The molecule has 0 saturated carbocycles. The van der Waals surface area contributed by atoms with Crippen LogP contribution in [0.5, 0.6) is 5.75 Å². The first kappa shape index (κ1) is 15.3. The summed E-state index contributed by atoms with van der Waals surface area (Å²) in [4.78, 5) is 26.1. The number of aromatic nitrogens is 1. The Kier molecular flexibility index (Phi) is 5.15. The van der Waals surface area contributed by atoms with E-state index in [9.17, 15) is 14.7 Å². The first-order chi connectivity index (χ1) is 8.85. The van der Waals surface area contributed by atoms with Crippen LogP contribution in [0.25, 0.3) is 0 Å². The van der Waals surface area contributed by atoms with Crippen molar-refractivity contribution in [1.82, 2.24) is 4.98 Å². The molecule has 0 radical (unpaired) electrons. The number of aryl methyl sites for hydroxylation is 1. The van der Waals surface area contributed by atoms with Crippen molar-refractivity contribution >= 4 is 5.97 Å². The Hall–Kier alpha value is -1.78. The minimum atomic E-state index is -0.384. The maximum atomic E-state index is 12.0. The Morgan fingerprint density at radius 3 is 2.58 bits per heavy atom. The van der Waals surface area contributed by atoms with Gasteiger partial charge in [-0.05, 0) is 25.3 Å². The van der Waals surface area contributed by atoms with Crippen LogP contribution in [0.3, 0.4) is 0 Å². The number of ether oxygens (including phenoxy) is 1. The van der Waals surface area contributed by atoms with Gasteiger partial charge in [0, 0.05) is 11.6 Å². The quantitative estimate of drug-likeness (QED) is 0.800. The van der Waals surface area contributed by atoms with Gasteiger partial charge in [0.15, 0.2) is 0 Å². The standard InChI is InChI=1S/C14H21NO4/c1-8(2)5-10(7-12(17)19-4)13-11(16)6-9(3)15-14(13)18/h6,8,10H,5,7H2,1-4H3,(H2,15,16,18). The second-order valence-corrected chi connectivity index (χ2v) is 5.19. The van der Waals surface area contributed by atoms with Crippen LogP contribution in [0.1, 0.15) is 43.9 Å². The number of carbonyl (C=O) groups excluding carboxylic acids is 1. The molecule has 5 nitrogen and oxygen atoms in total. The largest absolute Gasteiger partial charge is 0.507 e. The topological polar surface area (TPSA) is 79.4 Å². The minimum absolute atomic E-state index is 0.0594. The van der Waals surface area contributed by atoms with Crippen LogP contribution < -0.4 is 5.56 Å². The molecular formula is C14H21NO4. The summed E-state index contributed by atoms with van der Waals surface area (Å²) >= 11 is 0. The average Bonchev–Trinajstić information content (AvgIpc) is 2.26. The number of nitrogens with one attached hydrogen (secondary N) is 1. The van der Waals surface area contributed by atoms with Gasteiger partial charge in [0.05, 0.1) is 19.1 Å². The highest BCUT2D eigenvalue weighted by atomic mass is 16.5. The second kappa shape index (κ2) is 6.41. The zero-order chi connectivity index (χ0) is 14.6. The summed E-state index contributed by atoms with van der Waals surface area (Å²) in [5.41, 5.74) is 0.518. The van der Waals surface area contributed by atoms with E-state index in [4.69, 9.17) is 0 Å². The summed E-state index contributed by atoms with van der Waals surface area (Å²) in [6.07, 6.45) is 0.725. The van der Waals surface area contributed by atoms with Crippen molar-refractivity contribution in [2.24, 2.45) is 5.92 Å². The van der Waals surface area contributed by atoms with E-state index in [0.29, 0.717) is 18.0 Å². The Morgan fingerprint density at radius 2 is 2.11 bits per heavy atom. The molecule has 1 rings (SSSR count). The lowest BCUT2D eigenvalue weighted by atomic mass is 9.88. The van der Waals surface area contributed by atoms with Gasteiger partial charge in [-0.25, -0.2) is 0 Å². The van der Waals surface area contributed by atoms with Crippen LogP contribution in [0.15, 0.2) is 10.9 Å². The average molecular weight is 267 g/mol. The van der Waals surface area contributed by atoms with E-state index < -0.39 is 0 Å². The lowest BCUT2D eigenvalue weighted by Crippen LogP contribution is -2.21. The molecule has 19 heavy (non-hydrogen) atoms. The van der Waals surface area contributed by atoms with Crippen LogP contribution in [0.4, 0.5) is 0 Å². The lowest BCUT2D eigenvalue weighted by molar-refractivity contribution is -0.141. The van der Waals surface area contributed by atoms with E-state index in [0.717, 1.165) is 0 Å². The van der Waals surface area contributed by atoms with Crippen LogP contribution in [-0.4, -0.2) is 23.2 Å². The van der Waals surface area contributed by atoms with E-state index >= 15 is 0 Å². The van der Waals surface area contributed by atoms with E-state index in [1.54, 1.807) is 6.92 Å². The Morgan fingerprint density at radius 1 is 1.47 bits per heavy atom. The highest BCUT2D eigenvalue weighted by Gasteiger charge is 2.24. The Balaban J connectivity index is 3.17. The molecule has 0 aromatic carbocycles. The normalized spacial score (nSPS) is 12.5. The molecule has 0 bridgehead atoms. The van der Waals surface area contributed by atoms with Crippen molar-refractivity contribution < 1.29 is 14.6 Å². The third kappa shape index (κ3) is 4.12. The van der Waals surface area contributed by atoms with Gasteiger partial charge in [-0.2, -0.15) is 0 Å².